The molecule has 2 N–H and O–H groups in total. The number of unbranched alkanes of at least 4 members (excludes halogenated alkanes) is 3. The number of hydrogen-bond donors (Lipinski definition) is 2. The number of ether oxygens (including phenoxy) is 2. The Bertz CT molecular complexity index is 446. The van der Waals surface area contributed by atoms with Crippen LogP contribution in [0.15, 0.2) is 4.99 Å². The highest BCUT2D eigenvalue weighted by atomic mass is 16.5. The number of nitrogens with zero attached hydrogens (tertiary/aromatic N) is 1. The summed E-state index contributed by atoms with van der Waals surface area (Å²) in [6.07, 6.45) is 7.23. The zero-order chi connectivity index (χ0) is 20.1. The van der Waals surface area contributed by atoms with Crippen molar-refractivity contribution in [2.24, 2.45) is 16.3 Å². The molecular formula is C21H41N3O3. The number of hydrogen-bond acceptors (Lipinski definition) is 4. The smallest absolute Gasteiger partial charge is 0.305 e. The van der Waals surface area contributed by atoms with Crippen molar-refractivity contribution >= 4 is 11.9 Å². The van der Waals surface area contributed by atoms with Crippen molar-refractivity contribution in [2.45, 2.75) is 78.7 Å². The van der Waals surface area contributed by atoms with E-state index in [4.69, 9.17) is 9.73 Å². The van der Waals surface area contributed by atoms with Crippen LogP contribution in [0.25, 0.3) is 0 Å². The quantitative estimate of drug-likeness (QED) is 0.261. The minimum atomic E-state index is -0.116. The molecule has 6 heteroatoms. The molecule has 2 unspecified atom stereocenters. The lowest BCUT2D eigenvalue weighted by molar-refractivity contribution is -0.140. The Morgan fingerprint density at radius 3 is 2.59 bits per heavy atom. The molecule has 0 bridgehead atoms. The summed E-state index contributed by atoms with van der Waals surface area (Å²) in [4.78, 5) is 15.9. The molecule has 1 heterocycles. The first-order valence-corrected chi connectivity index (χ1v) is 10.6. The Balaban J connectivity index is 2.35. The molecule has 0 radical (unpaired) electrons. The highest BCUT2D eigenvalue weighted by Crippen LogP contribution is 2.34. The van der Waals surface area contributed by atoms with Gasteiger partial charge < -0.3 is 20.1 Å². The molecule has 1 aliphatic rings. The van der Waals surface area contributed by atoms with Crippen molar-refractivity contribution in [1.82, 2.24) is 10.6 Å². The van der Waals surface area contributed by atoms with E-state index in [0.717, 1.165) is 64.3 Å². The van der Waals surface area contributed by atoms with Crippen LogP contribution >= 0.6 is 0 Å². The lowest BCUT2D eigenvalue weighted by Crippen LogP contribution is -2.42. The minimum Gasteiger partial charge on any atom is -0.469 e. The average Bonchev–Trinajstić information content (AvgIpc) is 2.64. The Hall–Kier alpha value is -1.30. The van der Waals surface area contributed by atoms with Gasteiger partial charge in [-0.25, -0.2) is 0 Å². The van der Waals surface area contributed by atoms with Gasteiger partial charge in [0.1, 0.15) is 0 Å². The Labute approximate surface area is 165 Å². The third-order valence-corrected chi connectivity index (χ3v) is 4.95. The lowest BCUT2D eigenvalue weighted by Gasteiger charge is -2.39. The molecule has 0 amide bonds. The van der Waals surface area contributed by atoms with Crippen LogP contribution in [0.4, 0.5) is 0 Å². The summed E-state index contributed by atoms with van der Waals surface area (Å²) in [5.74, 6) is 1.26. The third kappa shape index (κ3) is 9.99. The van der Waals surface area contributed by atoms with Crippen LogP contribution in [-0.2, 0) is 14.3 Å². The van der Waals surface area contributed by atoms with Crippen LogP contribution in [0.1, 0.15) is 72.6 Å². The Morgan fingerprint density at radius 1 is 1.19 bits per heavy atom. The maximum atomic E-state index is 11.1. The summed E-state index contributed by atoms with van der Waals surface area (Å²) in [7, 11) is 1.44. The second-order valence-corrected chi connectivity index (χ2v) is 8.45. The van der Waals surface area contributed by atoms with Crippen LogP contribution in [0.3, 0.4) is 0 Å². The molecule has 0 aromatic heterocycles. The fourth-order valence-corrected chi connectivity index (χ4v) is 3.59. The van der Waals surface area contributed by atoms with Crippen molar-refractivity contribution in [3.05, 3.63) is 0 Å². The van der Waals surface area contributed by atoms with Gasteiger partial charge in [-0.2, -0.15) is 0 Å². The van der Waals surface area contributed by atoms with Crippen molar-refractivity contribution in [3.8, 4) is 0 Å². The van der Waals surface area contributed by atoms with Crippen molar-refractivity contribution < 1.29 is 14.3 Å². The summed E-state index contributed by atoms with van der Waals surface area (Å²) in [6.45, 7) is 12.3. The molecule has 27 heavy (non-hydrogen) atoms. The van der Waals surface area contributed by atoms with Crippen molar-refractivity contribution in [1.29, 1.82) is 0 Å². The number of esters is 1. The van der Waals surface area contributed by atoms with Crippen LogP contribution in [-0.4, -0.2) is 51.4 Å². The molecular weight excluding hydrogens is 342 g/mol. The number of rotatable bonds is 10. The van der Waals surface area contributed by atoms with Gasteiger partial charge >= 0.3 is 5.97 Å². The molecule has 0 aromatic carbocycles. The average molecular weight is 384 g/mol. The number of carbonyl (C=O) groups is 1. The van der Waals surface area contributed by atoms with E-state index in [1.165, 1.54) is 13.5 Å². The maximum absolute atomic E-state index is 11.1. The first-order chi connectivity index (χ1) is 12.9. The van der Waals surface area contributed by atoms with E-state index in [0.29, 0.717) is 12.3 Å². The largest absolute Gasteiger partial charge is 0.469 e. The van der Waals surface area contributed by atoms with Gasteiger partial charge in [0.25, 0.3) is 0 Å². The predicted octanol–water partition coefficient (Wildman–Crippen LogP) is 3.51. The van der Waals surface area contributed by atoms with Crippen LogP contribution in [0, 0.1) is 11.3 Å². The number of aliphatic imine (C=N–C) groups is 1. The zero-order valence-electron chi connectivity index (χ0n) is 18.1. The maximum Gasteiger partial charge on any atom is 0.305 e. The summed E-state index contributed by atoms with van der Waals surface area (Å²) in [5, 5.41) is 6.77. The molecule has 158 valence electrons. The normalized spacial score (nSPS) is 21.0. The van der Waals surface area contributed by atoms with Gasteiger partial charge in [0.05, 0.1) is 13.2 Å². The van der Waals surface area contributed by atoms with Crippen molar-refractivity contribution in [3.63, 3.8) is 0 Å². The Kier molecular flexibility index (Phi) is 11.4. The highest BCUT2D eigenvalue weighted by molar-refractivity contribution is 5.79. The van der Waals surface area contributed by atoms with Gasteiger partial charge in [0.2, 0.25) is 0 Å². The molecule has 1 rings (SSSR count). The van der Waals surface area contributed by atoms with Gasteiger partial charge in [-0.05, 0) is 38.0 Å². The monoisotopic (exact) mass is 383 g/mol. The topological polar surface area (TPSA) is 72.0 Å². The summed E-state index contributed by atoms with van der Waals surface area (Å²) < 4.78 is 10.7. The molecule has 0 saturated carbocycles. The lowest BCUT2D eigenvalue weighted by atomic mass is 9.78. The van der Waals surface area contributed by atoms with E-state index in [-0.39, 0.29) is 17.5 Å². The van der Waals surface area contributed by atoms with E-state index in [9.17, 15) is 4.79 Å². The molecule has 1 fully saturated rings. The number of methoxy groups -OCH3 is 1. The minimum absolute atomic E-state index is 0.116. The third-order valence-electron chi connectivity index (χ3n) is 4.95. The van der Waals surface area contributed by atoms with E-state index in [2.05, 4.69) is 43.1 Å². The summed E-state index contributed by atoms with van der Waals surface area (Å²) >= 11 is 0. The highest BCUT2D eigenvalue weighted by Gasteiger charge is 2.35. The number of carbonyl (C=O) groups excluding carboxylic acids is 1. The van der Waals surface area contributed by atoms with Gasteiger partial charge in [-0.3, -0.25) is 9.79 Å². The first-order valence-electron chi connectivity index (χ1n) is 10.6. The Morgan fingerprint density at radius 2 is 1.93 bits per heavy atom. The van der Waals surface area contributed by atoms with Crippen LogP contribution < -0.4 is 10.6 Å². The molecule has 0 spiro atoms. The van der Waals surface area contributed by atoms with Crippen LogP contribution in [0.2, 0.25) is 0 Å². The first kappa shape index (κ1) is 23.7. The zero-order valence-corrected chi connectivity index (χ0v) is 18.1. The fraction of sp³-hybridized carbons (Fsp3) is 0.905. The SMILES string of the molecule is CCNC(=NCC1CCCOC1C(C)(C)C)NCCCCCCC(=O)OC. The van der Waals surface area contributed by atoms with Gasteiger partial charge in [0.15, 0.2) is 5.96 Å². The number of nitrogens with one attached hydrogen (secondary N) is 2. The van der Waals surface area contributed by atoms with E-state index < -0.39 is 0 Å². The van der Waals surface area contributed by atoms with E-state index in [1.54, 1.807) is 0 Å². The molecule has 2 atom stereocenters. The van der Waals surface area contributed by atoms with Crippen molar-refractivity contribution in [2.75, 3.05) is 33.4 Å². The molecule has 0 aliphatic carbocycles. The number of guanidine groups is 1. The molecule has 6 nitrogen and oxygen atoms in total. The van der Waals surface area contributed by atoms with E-state index >= 15 is 0 Å². The van der Waals surface area contributed by atoms with Gasteiger partial charge in [-0.15, -0.1) is 0 Å². The van der Waals surface area contributed by atoms with E-state index in [1.807, 2.05) is 0 Å². The molecule has 0 aromatic rings. The predicted molar refractivity (Wildman–Crippen MR) is 111 cm³/mol. The summed E-state index contributed by atoms with van der Waals surface area (Å²) in [6, 6.07) is 0. The second-order valence-electron chi connectivity index (χ2n) is 8.45. The second kappa shape index (κ2) is 13.0. The fourth-order valence-electron chi connectivity index (χ4n) is 3.59. The van der Waals surface area contributed by atoms with Gasteiger partial charge in [0, 0.05) is 38.6 Å². The summed E-state index contributed by atoms with van der Waals surface area (Å²) in [5.41, 5.74) is 0.149. The van der Waals surface area contributed by atoms with Crippen LogP contribution in [0.5, 0.6) is 0 Å². The standard InChI is InChI=1S/C21H41N3O3/c1-6-22-20(23-14-10-8-7-9-13-18(25)26-5)24-16-17-12-11-15-27-19(17)21(2,3)4/h17,19H,6-16H2,1-5H3,(H2,22,23,24). The molecule has 1 aliphatic heterocycles. The van der Waals surface area contributed by atoms with Gasteiger partial charge in [-0.1, -0.05) is 33.6 Å². The molecule has 1 saturated heterocycles.